The Hall–Kier alpha value is -4.37. The maximum Gasteiger partial charge on any atom is 0.339 e. The average Bonchev–Trinajstić information content (AvgIpc) is 3.43. The molecule has 0 fully saturated rings. The number of nitrogens with one attached hydrogen (secondary N) is 1. The van der Waals surface area contributed by atoms with E-state index in [-0.39, 0.29) is 22.7 Å². The molecule has 5 rings (SSSR count). The van der Waals surface area contributed by atoms with Gasteiger partial charge in [-0.2, -0.15) is 0 Å². The minimum absolute atomic E-state index is 0.0166. The van der Waals surface area contributed by atoms with Crippen molar-refractivity contribution in [3.63, 3.8) is 0 Å². The number of amides is 1. The van der Waals surface area contributed by atoms with E-state index in [0.29, 0.717) is 22.9 Å². The van der Waals surface area contributed by atoms with Gasteiger partial charge >= 0.3 is 5.97 Å². The lowest BCUT2D eigenvalue weighted by Gasteiger charge is -2.36. The Balaban J connectivity index is 1.49. The van der Waals surface area contributed by atoms with Crippen molar-refractivity contribution in [2.24, 2.45) is 11.3 Å². The van der Waals surface area contributed by atoms with Gasteiger partial charge in [0.05, 0.1) is 21.7 Å². The normalized spacial score (nSPS) is 16.0. The molecule has 1 unspecified atom stereocenters. The molecule has 8 nitrogen and oxygen atoms in total. The standard InChI is InChI=1S/C31H29N3O5S/c1-31(2,3)20-14-19(15-23-10-7-13-40-23)29-25(16-20)28(24-11-4-5-12-26(24)33-29)30(36)39-18-27(35)32-21-8-6-9-22(17-21)34(37)38/h4-13,15,17,20H,14,16,18H2,1-3H3,(H,32,35)/b19-15+. The Bertz CT molecular complexity index is 1640. The lowest BCUT2D eigenvalue weighted by atomic mass is 9.69. The quantitative estimate of drug-likeness (QED) is 0.154. The number of nitro groups is 1. The highest BCUT2D eigenvalue weighted by atomic mass is 32.1. The third-order valence-electron chi connectivity index (χ3n) is 7.18. The van der Waals surface area contributed by atoms with Crippen LogP contribution in [0.3, 0.4) is 0 Å². The third-order valence-corrected chi connectivity index (χ3v) is 8.00. The van der Waals surface area contributed by atoms with Gasteiger partial charge in [-0.3, -0.25) is 14.9 Å². The van der Waals surface area contributed by atoms with Crippen LogP contribution >= 0.6 is 11.3 Å². The molecule has 2 aromatic carbocycles. The van der Waals surface area contributed by atoms with Crippen LogP contribution in [0.15, 0.2) is 66.0 Å². The summed E-state index contributed by atoms with van der Waals surface area (Å²) in [6.07, 6.45) is 3.65. The van der Waals surface area contributed by atoms with Crippen molar-refractivity contribution in [1.82, 2.24) is 4.98 Å². The molecule has 0 radical (unpaired) electrons. The summed E-state index contributed by atoms with van der Waals surface area (Å²) < 4.78 is 5.55. The summed E-state index contributed by atoms with van der Waals surface area (Å²) in [6, 6.07) is 17.1. The molecule has 1 aliphatic rings. The largest absolute Gasteiger partial charge is 0.452 e. The Morgan fingerprint density at radius 2 is 1.93 bits per heavy atom. The van der Waals surface area contributed by atoms with Crippen molar-refractivity contribution in [3.05, 3.63) is 97.9 Å². The van der Waals surface area contributed by atoms with Crippen LogP contribution in [-0.2, 0) is 16.0 Å². The number of allylic oxidation sites excluding steroid dienone is 1. The molecule has 0 aliphatic heterocycles. The number of rotatable bonds is 6. The summed E-state index contributed by atoms with van der Waals surface area (Å²) in [5, 5.41) is 16.3. The summed E-state index contributed by atoms with van der Waals surface area (Å²) in [7, 11) is 0. The number of anilines is 1. The maximum absolute atomic E-state index is 13.7. The van der Waals surface area contributed by atoms with E-state index >= 15 is 0 Å². The van der Waals surface area contributed by atoms with Gasteiger partial charge in [0.25, 0.3) is 11.6 Å². The van der Waals surface area contributed by atoms with E-state index in [1.54, 1.807) is 11.3 Å². The topological polar surface area (TPSA) is 111 Å². The van der Waals surface area contributed by atoms with E-state index in [1.165, 1.54) is 24.3 Å². The molecule has 1 aliphatic carbocycles. The zero-order valence-corrected chi connectivity index (χ0v) is 23.3. The molecule has 0 saturated heterocycles. The second-order valence-corrected chi connectivity index (χ2v) is 11.9. The molecule has 9 heteroatoms. The predicted octanol–water partition coefficient (Wildman–Crippen LogP) is 7.15. The first-order valence-electron chi connectivity index (χ1n) is 13.0. The number of fused-ring (bicyclic) bond motifs is 2. The third kappa shape index (κ3) is 5.79. The van der Waals surface area contributed by atoms with Gasteiger partial charge in [-0.1, -0.05) is 51.1 Å². The number of pyridine rings is 1. The van der Waals surface area contributed by atoms with E-state index < -0.39 is 23.4 Å². The second-order valence-electron chi connectivity index (χ2n) is 10.9. The lowest BCUT2D eigenvalue weighted by Crippen LogP contribution is -2.29. The number of para-hydroxylation sites is 1. The summed E-state index contributed by atoms with van der Waals surface area (Å²) in [4.78, 5) is 42.9. The van der Waals surface area contributed by atoms with Crippen molar-refractivity contribution >= 4 is 57.1 Å². The number of carbonyl (C=O) groups excluding carboxylic acids is 2. The van der Waals surface area contributed by atoms with Crippen molar-refractivity contribution in [2.75, 3.05) is 11.9 Å². The molecule has 2 heterocycles. The summed E-state index contributed by atoms with van der Waals surface area (Å²) in [6.45, 7) is 6.08. The zero-order valence-electron chi connectivity index (χ0n) is 22.5. The number of esters is 1. The summed E-state index contributed by atoms with van der Waals surface area (Å²) in [5.41, 5.74) is 3.89. The monoisotopic (exact) mass is 555 g/mol. The molecular formula is C31H29N3O5S. The molecule has 0 spiro atoms. The minimum atomic E-state index is -0.603. The number of aromatic nitrogens is 1. The van der Waals surface area contributed by atoms with Gasteiger partial charge in [0.1, 0.15) is 0 Å². The SMILES string of the molecule is CC(C)(C)C1C/C(=C\c2cccs2)c2nc3ccccc3c(C(=O)OCC(=O)Nc3cccc([N+](=O)[O-])c3)c2C1. The number of carbonyl (C=O) groups is 2. The van der Waals surface area contributed by atoms with Crippen LogP contribution in [0.4, 0.5) is 11.4 Å². The first-order chi connectivity index (χ1) is 19.1. The number of nitro benzene ring substituents is 1. The van der Waals surface area contributed by atoms with Crippen molar-refractivity contribution < 1.29 is 19.2 Å². The van der Waals surface area contributed by atoms with Gasteiger partial charge in [-0.25, -0.2) is 9.78 Å². The van der Waals surface area contributed by atoms with E-state index in [1.807, 2.05) is 35.7 Å². The van der Waals surface area contributed by atoms with Crippen LogP contribution in [0.25, 0.3) is 22.6 Å². The fourth-order valence-corrected chi connectivity index (χ4v) is 5.69. The molecule has 1 amide bonds. The van der Waals surface area contributed by atoms with Gasteiger partial charge in [0.15, 0.2) is 6.61 Å². The Morgan fingerprint density at radius 3 is 2.65 bits per heavy atom. The van der Waals surface area contributed by atoms with Gasteiger partial charge in [0, 0.05) is 28.1 Å². The maximum atomic E-state index is 13.7. The van der Waals surface area contributed by atoms with Gasteiger partial charge < -0.3 is 10.1 Å². The van der Waals surface area contributed by atoms with Crippen LogP contribution < -0.4 is 5.32 Å². The van der Waals surface area contributed by atoms with Gasteiger partial charge in [-0.15, -0.1) is 11.3 Å². The number of non-ortho nitro benzene ring substituents is 1. The highest BCUT2D eigenvalue weighted by molar-refractivity contribution is 7.10. The van der Waals surface area contributed by atoms with Crippen molar-refractivity contribution in [3.8, 4) is 0 Å². The molecule has 2 aromatic heterocycles. The molecule has 204 valence electrons. The Labute approximate surface area is 235 Å². The van der Waals surface area contributed by atoms with E-state index in [0.717, 1.165) is 28.1 Å². The molecule has 0 bridgehead atoms. The fourth-order valence-electron chi connectivity index (χ4n) is 5.01. The minimum Gasteiger partial charge on any atom is -0.452 e. The number of benzene rings is 2. The summed E-state index contributed by atoms with van der Waals surface area (Å²) >= 11 is 1.65. The van der Waals surface area contributed by atoms with Crippen LogP contribution in [0.5, 0.6) is 0 Å². The number of hydrogen-bond acceptors (Lipinski definition) is 7. The fraction of sp³-hybridized carbons (Fsp3) is 0.258. The van der Waals surface area contributed by atoms with Gasteiger partial charge in [0.2, 0.25) is 0 Å². The zero-order chi connectivity index (χ0) is 28.4. The van der Waals surface area contributed by atoms with Crippen LogP contribution in [0.2, 0.25) is 0 Å². The van der Waals surface area contributed by atoms with E-state index in [9.17, 15) is 19.7 Å². The number of nitrogens with zero attached hydrogens (tertiary/aromatic N) is 2. The highest BCUT2D eigenvalue weighted by Crippen LogP contribution is 2.45. The molecule has 40 heavy (non-hydrogen) atoms. The Kier molecular flexibility index (Phi) is 7.49. The lowest BCUT2D eigenvalue weighted by molar-refractivity contribution is -0.384. The van der Waals surface area contributed by atoms with Crippen LogP contribution in [-0.4, -0.2) is 28.4 Å². The molecule has 0 saturated carbocycles. The van der Waals surface area contributed by atoms with Crippen molar-refractivity contribution in [2.45, 2.75) is 33.6 Å². The Morgan fingerprint density at radius 1 is 1.12 bits per heavy atom. The first-order valence-corrected chi connectivity index (χ1v) is 13.9. The predicted molar refractivity (Wildman–Crippen MR) is 157 cm³/mol. The smallest absolute Gasteiger partial charge is 0.339 e. The van der Waals surface area contributed by atoms with Crippen molar-refractivity contribution in [1.29, 1.82) is 0 Å². The highest BCUT2D eigenvalue weighted by Gasteiger charge is 2.35. The van der Waals surface area contributed by atoms with E-state index in [2.05, 4.69) is 38.2 Å². The number of thiophene rings is 1. The van der Waals surface area contributed by atoms with E-state index in [4.69, 9.17) is 9.72 Å². The van der Waals surface area contributed by atoms with Crippen LogP contribution in [0, 0.1) is 21.4 Å². The molecule has 4 aromatic rings. The van der Waals surface area contributed by atoms with Crippen LogP contribution in [0.1, 0.15) is 53.7 Å². The average molecular weight is 556 g/mol. The number of hydrogen-bond donors (Lipinski definition) is 1. The number of ether oxygens (including phenoxy) is 1. The molecule has 1 N–H and O–H groups in total. The summed E-state index contributed by atoms with van der Waals surface area (Å²) in [5.74, 6) is -0.932. The molecule has 1 atom stereocenters. The molecular weight excluding hydrogens is 526 g/mol. The van der Waals surface area contributed by atoms with Gasteiger partial charge in [-0.05, 0) is 65.0 Å². The second kappa shape index (κ2) is 11.0. The first kappa shape index (κ1) is 27.2.